The fraction of sp³-hybridized carbons (Fsp3) is 0.333. The molecule has 0 amide bonds. The molecule has 0 aliphatic heterocycles. The molecule has 22 heavy (non-hydrogen) atoms. The van der Waals surface area contributed by atoms with E-state index in [1.807, 2.05) is 0 Å². The molecule has 0 spiro atoms. The molecule has 0 saturated heterocycles. The zero-order valence-corrected chi connectivity index (χ0v) is 14.2. The van der Waals surface area contributed by atoms with Gasteiger partial charge in [0.1, 0.15) is 0 Å². The van der Waals surface area contributed by atoms with Gasteiger partial charge in [-0.2, -0.15) is 0 Å². The first-order chi connectivity index (χ1) is 10.6. The van der Waals surface area contributed by atoms with Crippen LogP contribution >= 0.6 is 0 Å². The number of allylic oxidation sites excluding steroid dienone is 1. The molecule has 0 aromatic heterocycles. The van der Waals surface area contributed by atoms with Crippen molar-refractivity contribution in [3.8, 4) is 0 Å². The van der Waals surface area contributed by atoms with Crippen LogP contribution in [0.5, 0.6) is 0 Å². The molecule has 1 heteroatoms. The van der Waals surface area contributed by atoms with E-state index in [9.17, 15) is 0 Å². The molecular formula is C21H27N. The lowest BCUT2D eigenvalue weighted by Gasteiger charge is -2.24. The fourth-order valence-electron chi connectivity index (χ4n) is 2.76. The Morgan fingerprint density at radius 3 is 1.68 bits per heavy atom. The Balaban J connectivity index is 2.52. The molecule has 0 radical (unpaired) electrons. The number of benzene rings is 2. The van der Waals surface area contributed by atoms with Crippen molar-refractivity contribution in [1.82, 2.24) is 4.90 Å². The van der Waals surface area contributed by atoms with Gasteiger partial charge < -0.3 is 4.90 Å². The van der Waals surface area contributed by atoms with Crippen molar-refractivity contribution in [3.05, 3.63) is 71.8 Å². The van der Waals surface area contributed by atoms with E-state index in [1.165, 1.54) is 22.3 Å². The number of hydrogen-bond donors (Lipinski definition) is 0. The van der Waals surface area contributed by atoms with Crippen molar-refractivity contribution in [2.24, 2.45) is 0 Å². The van der Waals surface area contributed by atoms with Crippen molar-refractivity contribution in [2.45, 2.75) is 32.7 Å². The molecule has 1 atom stereocenters. The molecule has 0 bridgehead atoms. The molecular weight excluding hydrogens is 266 g/mol. The van der Waals surface area contributed by atoms with Crippen molar-refractivity contribution in [1.29, 1.82) is 0 Å². The van der Waals surface area contributed by atoms with Crippen LogP contribution in [0.4, 0.5) is 0 Å². The predicted octanol–water partition coefficient (Wildman–Crippen LogP) is 5.35. The van der Waals surface area contributed by atoms with E-state index in [1.54, 1.807) is 0 Å². The van der Waals surface area contributed by atoms with Crippen LogP contribution in [0, 0.1) is 0 Å². The van der Waals surface area contributed by atoms with Gasteiger partial charge in [-0.15, -0.1) is 0 Å². The van der Waals surface area contributed by atoms with Gasteiger partial charge in [0.15, 0.2) is 0 Å². The molecule has 1 nitrogen and oxygen atoms in total. The molecule has 0 heterocycles. The first-order valence-corrected chi connectivity index (χ1v) is 8.12. The summed E-state index contributed by atoms with van der Waals surface area (Å²) in [5.41, 5.74) is 5.61. The highest BCUT2D eigenvalue weighted by Crippen LogP contribution is 2.32. The average molecular weight is 293 g/mol. The summed E-state index contributed by atoms with van der Waals surface area (Å²) in [5, 5.41) is 0. The quantitative estimate of drug-likeness (QED) is 0.649. The van der Waals surface area contributed by atoms with Crippen LogP contribution in [0.1, 0.15) is 37.8 Å². The molecule has 0 aliphatic carbocycles. The van der Waals surface area contributed by atoms with Gasteiger partial charge in [0.25, 0.3) is 0 Å². The predicted molar refractivity (Wildman–Crippen MR) is 97.8 cm³/mol. The Labute approximate surface area is 135 Å². The van der Waals surface area contributed by atoms with Crippen LogP contribution in [0.25, 0.3) is 11.1 Å². The van der Waals surface area contributed by atoms with Gasteiger partial charge in [0.2, 0.25) is 0 Å². The third-order valence-electron chi connectivity index (χ3n) is 4.34. The second kappa shape index (κ2) is 7.95. The van der Waals surface area contributed by atoms with Crippen LogP contribution in [0.2, 0.25) is 0 Å². The van der Waals surface area contributed by atoms with E-state index in [2.05, 4.69) is 93.5 Å². The lowest BCUT2D eigenvalue weighted by Crippen LogP contribution is -2.25. The highest BCUT2D eigenvalue weighted by molar-refractivity contribution is 5.90. The lowest BCUT2D eigenvalue weighted by molar-refractivity contribution is 0.319. The van der Waals surface area contributed by atoms with E-state index in [0.717, 1.165) is 12.8 Å². The van der Waals surface area contributed by atoms with Gasteiger partial charge in [-0.3, -0.25) is 0 Å². The first-order valence-electron chi connectivity index (χ1n) is 8.12. The molecule has 0 fully saturated rings. The second-order valence-electron chi connectivity index (χ2n) is 6.06. The minimum atomic E-state index is 0.514. The van der Waals surface area contributed by atoms with Crippen LogP contribution < -0.4 is 0 Å². The van der Waals surface area contributed by atoms with Crippen molar-refractivity contribution in [3.63, 3.8) is 0 Å². The number of hydrogen-bond acceptors (Lipinski definition) is 1. The van der Waals surface area contributed by atoms with Gasteiger partial charge in [-0.1, -0.05) is 67.6 Å². The first kappa shape index (κ1) is 16.5. The number of nitrogens with zero attached hydrogens (tertiary/aromatic N) is 1. The molecule has 0 N–H and O–H groups in total. The SMILES string of the molecule is CC/C(=C(/C[C@@H](C)N(C)C)c1ccccc1)c1ccccc1. The largest absolute Gasteiger partial charge is 0.306 e. The summed E-state index contributed by atoms with van der Waals surface area (Å²) in [6.07, 6.45) is 2.11. The fourth-order valence-corrected chi connectivity index (χ4v) is 2.76. The summed E-state index contributed by atoms with van der Waals surface area (Å²) >= 11 is 0. The maximum absolute atomic E-state index is 2.29. The molecule has 2 rings (SSSR count). The second-order valence-corrected chi connectivity index (χ2v) is 6.06. The maximum atomic E-state index is 2.29. The van der Waals surface area contributed by atoms with Crippen molar-refractivity contribution < 1.29 is 0 Å². The van der Waals surface area contributed by atoms with E-state index >= 15 is 0 Å². The molecule has 2 aromatic rings. The molecule has 0 aliphatic rings. The Morgan fingerprint density at radius 2 is 1.27 bits per heavy atom. The average Bonchev–Trinajstić information content (AvgIpc) is 2.56. The highest BCUT2D eigenvalue weighted by atomic mass is 15.1. The molecule has 2 aromatic carbocycles. The zero-order valence-electron chi connectivity index (χ0n) is 14.2. The number of rotatable bonds is 6. The highest BCUT2D eigenvalue weighted by Gasteiger charge is 2.14. The van der Waals surface area contributed by atoms with E-state index in [4.69, 9.17) is 0 Å². The van der Waals surface area contributed by atoms with Gasteiger partial charge in [0.05, 0.1) is 0 Å². The molecule has 116 valence electrons. The minimum absolute atomic E-state index is 0.514. The summed E-state index contributed by atoms with van der Waals surface area (Å²) in [4.78, 5) is 2.29. The van der Waals surface area contributed by atoms with Gasteiger partial charge >= 0.3 is 0 Å². The van der Waals surface area contributed by atoms with E-state index in [0.29, 0.717) is 6.04 Å². The Kier molecular flexibility index (Phi) is 5.97. The smallest absolute Gasteiger partial charge is 0.0102 e. The summed E-state index contributed by atoms with van der Waals surface area (Å²) in [6.45, 7) is 4.55. The van der Waals surface area contributed by atoms with Crippen LogP contribution in [-0.2, 0) is 0 Å². The summed E-state index contributed by atoms with van der Waals surface area (Å²) in [5.74, 6) is 0. The third kappa shape index (κ3) is 4.08. The normalized spacial score (nSPS) is 13.9. The van der Waals surface area contributed by atoms with E-state index in [-0.39, 0.29) is 0 Å². The summed E-state index contributed by atoms with van der Waals surface area (Å²) in [6, 6.07) is 22.1. The Morgan fingerprint density at radius 1 is 0.818 bits per heavy atom. The molecule has 0 unspecified atom stereocenters. The standard InChI is InChI=1S/C21H27N/c1-5-20(18-12-8-6-9-13-18)21(16-17(2)22(3)4)19-14-10-7-11-15-19/h6-15,17H,5,16H2,1-4H3/b21-20+/t17-/m1/s1. The van der Waals surface area contributed by atoms with Crippen molar-refractivity contribution in [2.75, 3.05) is 14.1 Å². The monoisotopic (exact) mass is 293 g/mol. The van der Waals surface area contributed by atoms with Crippen LogP contribution in [0.3, 0.4) is 0 Å². The Hall–Kier alpha value is -1.86. The third-order valence-corrected chi connectivity index (χ3v) is 4.34. The maximum Gasteiger partial charge on any atom is 0.0102 e. The minimum Gasteiger partial charge on any atom is -0.306 e. The lowest BCUT2D eigenvalue weighted by atomic mass is 9.89. The molecule has 0 saturated carbocycles. The van der Waals surface area contributed by atoms with Gasteiger partial charge in [0, 0.05) is 6.04 Å². The summed E-state index contributed by atoms with van der Waals surface area (Å²) < 4.78 is 0. The summed E-state index contributed by atoms with van der Waals surface area (Å²) in [7, 11) is 4.31. The Bertz CT molecular complexity index is 596. The van der Waals surface area contributed by atoms with Crippen LogP contribution in [-0.4, -0.2) is 25.0 Å². The van der Waals surface area contributed by atoms with Crippen LogP contribution in [0.15, 0.2) is 60.7 Å². The van der Waals surface area contributed by atoms with Gasteiger partial charge in [-0.25, -0.2) is 0 Å². The van der Waals surface area contributed by atoms with Crippen molar-refractivity contribution >= 4 is 11.1 Å². The topological polar surface area (TPSA) is 3.24 Å². The van der Waals surface area contributed by atoms with Gasteiger partial charge in [-0.05, 0) is 56.1 Å². The zero-order chi connectivity index (χ0) is 15.9. The van der Waals surface area contributed by atoms with E-state index < -0.39 is 0 Å².